The number of nitrogens with one attached hydrogen (secondary N) is 2. The Hall–Kier alpha value is -2.70. The molecule has 3 aromatic rings. The normalized spacial score (nSPS) is 15.9. The van der Waals surface area contributed by atoms with E-state index < -0.39 is 0 Å². The van der Waals surface area contributed by atoms with Crippen LogP contribution in [-0.4, -0.2) is 29.2 Å². The van der Waals surface area contributed by atoms with Gasteiger partial charge in [0.05, 0.1) is 0 Å². The second-order valence-corrected chi connectivity index (χ2v) is 7.88. The van der Waals surface area contributed by atoms with Gasteiger partial charge < -0.3 is 15.4 Å². The van der Waals surface area contributed by atoms with Gasteiger partial charge in [0, 0.05) is 40.5 Å². The Kier molecular flexibility index (Phi) is 6.45. The summed E-state index contributed by atoms with van der Waals surface area (Å²) in [5, 5.41) is 7.00. The third-order valence-corrected chi connectivity index (χ3v) is 5.39. The van der Waals surface area contributed by atoms with Gasteiger partial charge in [-0.05, 0) is 62.7 Å². The highest BCUT2D eigenvalue weighted by atomic mass is 35.5. The number of aromatic nitrogens is 2. The Morgan fingerprint density at radius 3 is 2.80 bits per heavy atom. The van der Waals surface area contributed by atoms with Crippen molar-refractivity contribution in [3.05, 3.63) is 70.6 Å². The highest BCUT2D eigenvalue weighted by Crippen LogP contribution is 2.23. The van der Waals surface area contributed by atoms with E-state index in [-0.39, 0.29) is 5.82 Å². The first-order chi connectivity index (χ1) is 14.6. The Balaban J connectivity index is 1.42. The molecule has 2 N–H and O–H groups in total. The minimum Gasteiger partial charge on any atom is -0.492 e. The number of ether oxygens (including phenoxy) is 1. The van der Waals surface area contributed by atoms with Gasteiger partial charge in [-0.2, -0.15) is 0 Å². The lowest BCUT2D eigenvalue weighted by atomic mass is 10.2. The summed E-state index contributed by atoms with van der Waals surface area (Å²) < 4.78 is 19.9. The Morgan fingerprint density at radius 2 is 2.07 bits per heavy atom. The summed E-state index contributed by atoms with van der Waals surface area (Å²) in [4.78, 5) is 9.06. The average molecular weight is 427 g/mol. The molecule has 1 unspecified atom stereocenters. The van der Waals surface area contributed by atoms with Crippen molar-refractivity contribution in [2.75, 3.05) is 18.5 Å². The molecule has 1 aromatic heterocycles. The molecule has 0 saturated carbocycles. The van der Waals surface area contributed by atoms with E-state index in [9.17, 15) is 4.39 Å². The molecule has 5 nitrogen and oxygen atoms in total. The number of anilines is 1. The smallest absolute Gasteiger partial charge is 0.161 e. The zero-order chi connectivity index (χ0) is 20.9. The molecular formula is C23H24ClFN4O. The van der Waals surface area contributed by atoms with Crippen LogP contribution in [0.5, 0.6) is 5.75 Å². The highest BCUT2D eigenvalue weighted by Gasteiger charge is 2.14. The average Bonchev–Trinajstić information content (AvgIpc) is 3.27. The van der Waals surface area contributed by atoms with E-state index >= 15 is 0 Å². The fourth-order valence-electron chi connectivity index (χ4n) is 3.40. The monoisotopic (exact) mass is 426 g/mol. The minimum atomic E-state index is -0.342. The molecule has 30 heavy (non-hydrogen) atoms. The zero-order valence-electron chi connectivity index (χ0n) is 16.8. The number of hydrogen-bond donors (Lipinski definition) is 2. The fraction of sp³-hybridized carbons (Fsp3) is 0.304. The summed E-state index contributed by atoms with van der Waals surface area (Å²) in [6.45, 7) is 3.97. The van der Waals surface area contributed by atoms with E-state index in [1.165, 1.54) is 12.5 Å². The predicted molar refractivity (Wildman–Crippen MR) is 117 cm³/mol. The number of benzene rings is 2. The van der Waals surface area contributed by atoms with Crippen LogP contribution in [0.4, 0.5) is 10.2 Å². The standard InChI is InChI=1S/C23H24ClFN4O/c1-15-12-27-23(29-22(15)28-13-17-4-7-18(24)11-21(17)25)16-5-8-20(9-6-16)30-14-19-3-2-10-26-19/h4-9,11-12,19,26H,2-3,10,13-14H2,1H3,(H,27,28,29). The molecule has 2 aromatic carbocycles. The molecule has 1 aliphatic heterocycles. The van der Waals surface area contributed by atoms with Gasteiger partial charge in [-0.1, -0.05) is 17.7 Å². The van der Waals surface area contributed by atoms with Crippen LogP contribution >= 0.6 is 11.6 Å². The molecule has 0 bridgehead atoms. The molecule has 1 saturated heterocycles. The number of rotatable bonds is 7. The van der Waals surface area contributed by atoms with E-state index in [4.69, 9.17) is 16.3 Å². The van der Waals surface area contributed by atoms with Crippen LogP contribution in [0, 0.1) is 12.7 Å². The molecule has 7 heteroatoms. The van der Waals surface area contributed by atoms with Crippen molar-refractivity contribution in [3.8, 4) is 17.1 Å². The predicted octanol–water partition coefficient (Wildman–Crippen LogP) is 4.99. The van der Waals surface area contributed by atoms with Crippen molar-refractivity contribution in [2.45, 2.75) is 32.4 Å². The number of halogens is 2. The molecule has 0 spiro atoms. The highest BCUT2D eigenvalue weighted by molar-refractivity contribution is 6.30. The SMILES string of the molecule is Cc1cnc(-c2ccc(OCC3CCCN3)cc2)nc1NCc1ccc(Cl)cc1F. The minimum absolute atomic E-state index is 0.308. The second-order valence-electron chi connectivity index (χ2n) is 7.44. The van der Waals surface area contributed by atoms with E-state index in [0.29, 0.717) is 41.4 Å². The summed E-state index contributed by atoms with van der Waals surface area (Å²) in [7, 11) is 0. The zero-order valence-corrected chi connectivity index (χ0v) is 17.5. The largest absolute Gasteiger partial charge is 0.492 e. The molecule has 0 aliphatic carbocycles. The summed E-state index contributed by atoms with van der Waals surface area (Å²) in [5.74, 6) is 1.76. The van der Waals surface area contributed by atoms with Crippen LogP contribution in [0.15, 0.2) is 48.7 Å². The number of aryl methyl sites for hydroxylation is 1. The van der Waals surface area contributed by atoms with Crippen LogP contribution in [0.1, 0.15) is 24.0 Å². The van der Waals surface area contributed by atoms with E-state index in [1.54, 1.807) is 18.3 Å². The van der Waals surface area contributed by atoms with Gasteiger partial charge in [-0.25, -0.2) is 14.4 Å². The van der Waals surface area contributed by atoms with Gasteiger partial charge >= 0.3 is 0 Å². The lowest BCUT2D eigenvalue weighted by molar-refractivity contribution is 0.277. The summed E-state index contributed by atoms with van der Waals surface area (Å²) in [6.07, 6.45) is 4.13. The van der Waals surface area contributed by atoms with Crippen molar-refractivity contribution in [1.29, 1.82) is 0 Å². The molecule has 1 aliphatic rings. The Morgan fingerprint density at radius 1 is 1.23 bits per heavy atom. The third-order valence-electron chi connectivity index (χ3n) is 5.16. The van der Waals surface area contributed by atoms with Crippen molar-refractivity contribution >= 4 is 17.4 Å². The first-order valence-electron chi connectivity index (χ1n) is 10.1. The van der Waals surface area contributed by atoms with E-state index in [2.05, 4.69) is 20.6 Å². The number of nitrogens with zero attached hydrogens (tertiary/aromatic N) is 2. The van der Waals surface area contributed by atoms with Crippen molar-refractivity contribution in [1.82, 2.24) is 15.3 Å². The van der Waals surface area contributed by atoms with Crippen molar-refractivity contribution < 1.29 is 9.13 Å². The first-order valence-corrected chi connectivity index (χ1v) is 10.4. The summed E-state index contributed by atoms with van der Waals surface area (Å²) in [5.41, 5.74) is 2.30. The maximum Gasteiger partial charge on any atom is 0.161 e. The van der Waals surface area contributed by atoms with Crippen LogP contribution in [-0.2, 0) is 6.54 Å². The van der Waals surface area contributed by atoms with Crippen molar-refractivity contribution in [2.24, 2.45) is 0 Å². The third kappa shape index (κ3) is 5.07. The maximum atomic E-state index is 14.0. The molecule has 0 amide bonds. The van der Waals surface area contributed by atoms with Gasteiger partial charge in [0.1, 0.15) is 24.0 Å². The van der Waals surface area contributed by atoms with Gasteiger partial charge in [0.25, 0.3) is 0 Å². The maximum absolute atomic E-state index is 14.0. The quantitative estimate of drug-likeness (QED) is 0.557. The lowest BCUT2D eigenvalue weighted by Crippen LogP contribution is -2.28. The van der Waals surface area contributed by atoms with Crippen LogP contribution in [0.2, 0.25) is 5.02 Å². The van der Waals surface area contributed by atoms with Crippen LogP contribution < -0.4 is 15.4 Å². The molecule has 1 atom stereocenters. The molecule has 1 fully saturated rings. The Bertz CT molecular complexity index is 1010. The summed E-state index contributed by atoms with van der Waals surface area (Å²) in [6, 6.07) is 12.9. The van der Waals surface area contributed by atoms with Crippen LogP contribution in [0.25, 0.3) is 11.4 Å². The molecule has 156 valence electrons. The van der Waals surface area contributed by atoms with Gasteiger partial charge in [0.2, 0.25) is 0 Å². The topological polar surface area (TPSA) is 59.1 Å². The van der Waals surface area contributed by atoms with Crippen molar-refractivity contribution in [3.63, 3.8) is 0 Å². The summed E-state index contributed by atoms with van der Waals surface area (Å²) >= 11 is 5.82. The molecular weight excluding hydrogens is 403 g/mol. The lowest BCUT2D eigenvalue weighted by Gasteiger charge is -2.13. The Labute approximate surface area is 180 Å². The molecule has 4 rings (SSSR count). The van der Waals surface area contributed by atoms with Gasteiger partial charge in [0.15, 0.2) is 5.82 Å². The second kappa shape index (κ2) is 9.41. The van der Waals surface area contributed by atoms with Crippen LogP contribution in [0.3, 0.4) is 0 Å². The number of hydrogen-bond acceptors (Lipinski definition) is 5. The van der Waals surface area contributed by atoms with Gasteiger partial charge in [-0.3, -0.25) is 0 Å². The molecule has 0 radical (unpaired) electrons. The van der Waals surface area contributed by atoms with E-state index in [1.807, 2.05) is 31.2 Å². The van der Waals surface area contributed by atoms with E-state index in [0.717, 1.165) is 29.8 Å². The fourth-order valence-corrected chi connectivity index (χ4v) is 3.56. The first kappa shape index (κ1) is 20.6. The van der Waals surface area contributed by atoms with Gasteiger partial charge in [-0.15, -0.1) is 0 Å². The molecule has 2 heterocycles.